The van der Waals surface area contributed by atoms with Crippen molar-refractivity contribution in [3.63, 3.8) is 0 Å². The summed E-state index contributed by atoms with van der Waals surface area (Å²) in [4.78, 5) is 28.5. The fraction of sp³-hybridized carbons (Fsp3) is 0.185. The summed E-state index contributed by atoms with van der Waals surface area (Å²) in [5.41, 5.74) is 3.10. The van der Waals surface area contributed by atoms with Crippen LogP contribution in [0.2, 0.25) is 0 Å². The molecule has 4 rings (SSSR count). The van der Waals surface area contributed by atoms with E-state index in [1.807, 2.05) is 30.3 Å². The first-order valence-corrected chi connectivity index (χ1v) is 11.7. The smallest absolute Gasteiger partial charge is 0.335 e. The van der Waals surface area contributed by atoms with E-state index in [1.165, 1.54) is 6.08 Å². The van der Waals surface area contributed by atoms with Crippen molar-refractivity contribution < 1.29 is 14.7 Å². The van der Waals surface area contributed by atoms with Crippen molar-refractivity contribution in [1.82, 2.24) is 10.3 Å². The van der Waals surface area contributed by atoms with E-state index in [-0.39, 0.29) is 11.1 Å². The Morgan fingerprint density at radius 2 is 1.62 bits per heavy atom. The zero-order valence-corrected chi connectivity index (χ0v) is 19.9. The Morgan fingerprint density at radius 3 is 2.18 bits per heavy atom. The largest absolute Gasteiger partial charge is 0.478 e. The van der Waals surface area contributed by atoms with Gasteiger partial charge in [0.1, 0.15) is 16.2 Å². The van der Waals surface area contributed by atoms with E-state index in [2.05, 4.69) is 26.2 Å². The van der Waals surface area contributed by atoms with E-state index in [9.17, 15) is 14.9 Å². The Balaban J connectivity index is 1.58. The number of aromatic nitrogens is 1. The molecule has 0 radical (unpaired) electrons. The van der Waals surface area contributed by atoms with Gasteiger partial charge >= 0.3 is 5.97 Å². The van der Waals surface area contributed by atoms with Crippen LogP contribution in [0.15, 0.2) is 76.9 Å². The van der Waals surface area contributed by atoms with Crippen molar-refractivity contribution >= 4 is 33.9 Å². The van der Waals surface area contributed by atoms with Gasteiger partial charge in [-0.05, 0) is 75.8 Å². The quantitative estimate of drug-likeness (QED) is 0.249. The first-order chi connectivity index (χ1) is 16.4. The molecule has 0 unspecified atom stereocenters. The van der Waals surface area contributed by atoms with Crippen LogP contribution in [0.25, 0.3) is 17.2 Å². The summed E-state index contributed by atoms with van der Waals surface area (Å²) in [6.07, 6.45) is 5.04. The van der Waals surface area contributed by atoms with Crippen LogP contribution in [-0.2, 0) is 10.3 Å². The number of hydrogen-bond donors (Lipinski definition) is 2. The summed E-state index contributed by atoms with van der Waals surface area (Å²) in [5.74, 6) is -1.37. The molecule has 0 bridgehead atoms. The van der Waals surface area contributed by atoms with Crippen molar-refractivity contribution in [1.29, 1.82) is 5.26 Å². The van der Waals surface area contributed by atoms with Gasteiger partial charge in [-0.2, -0.15) is 5.26 Å². The lowest BCUT2D eigenvalue weighted by molar-refractivity contribution is -0.119. The summed E-state index contributed by atoms with van der Waals surface area (Å²) >= 11 is 3.30. The summed E-state index contributed by atoms with van der Waals surface area (Å²) in [7, 11) is 0. The molecular weight excluding hydrogens is 494 g/mol. The van der Waals surface area contributed by atoms with E-state index >= 15 is 0 Å². The molecule has 7 heteroatoms. The van der Waals surface area contributed by atoms with Gasteiger partial charge in [0.05, 0.1) is 16.8 Å². The molecule has 1 heterocycles. The van der Waals surface area contributed by atoms with Crippen LogP contribution in [0, 0.1) is 11.3 Å². The molecule has 1 fully saturated rings. The van der Waals surface area contributed by atoms with Crippen LogP contribution >= 0.6 is 15.9 Å². The minimum Gasteiger partial charge on any atom is -0.478 e. The number of rotatable bonds is 6. The molecule has 2 N–H and O–H groups in total. The van der Waals surface area contributed by atoms with Gasteiger partial charge in [-0.1, -0.05) is 55.3 Å². The van der Waals surface area contributed by atoms with Gasteiger partial charge in [0.15, 0.2) is 0 Å². The van der Waals surface area contributed by atoms with Gasteiger partial charge in [-0.3, -0.25) is 4.79 Å². The summed E-state index contributed by atoms with van der Waals surface area (Å²) < 4.78 is 0.629. The van der Waals surface area contributed by atoms with Crippen LogP contribution in [0.1, 0.15) is 47.3 Å². The van der Waals surface area contributed by atoms with E-state index in [0.717, 1.165) is 42.4 Å². The first kappa shape index (κ1) is 23.4. The highest BCUT2D eigenvalue weighted by molar-refractivity contribution is 9.10. The van der Waals surface area contributed by atoms with Crippen molar-refractivity contribution in [2.75, 3.05) is 0 Å². The molecule has 1 aliphatic carbocycles. The van der Waals surface area contributed by atoms with Crippen molar-refractivity contribution in [2.45, 2.75) is 31.2 Å². The van der Waals surface area contributed by atoms with Gasteiger partial charge in [0.2, 0.25) is 0 Å². The van der Waals surface area contributed by atoms with Crippen LogP contribution in [0.3, 0.4) is 0 Å². The molecule has 0 aliphatic heterocycles. The van der Waals surface area contributed by atoms with E-state index in [1.54, 1.807) is 42.5 Å². The van der Waals surface area contributed by atoms with Crippen molar-refractivity contribution in [3.8, 4) is 17.2 Å². The first-order valence-electron chi connectivity index (χ1n) is 10.9. The molecule has 0 saturated heterocycles. The van der Waals surface area contributed by atoms with Gasteiger partial charge in [0.25, 0.3) is 5.91 Å². The highest BCUT2D eigenvalue weighted by atomic mass is 79.9. The van der Waals surface area contributed by atoms with Crippen LogP contribution in [0.5, 0.6) is 0 Å². The number of carbonyl (C=O) groups is 2. The molecule has 1 saturated carbocycles. The average molecular weight is 516 g/mol. The molecule has 1 aromatic heterocycles. The molecule has 0 spiro atoms. The van der Waals surface area contributed by atoms with E-state index in [4.69, 9.17) is 5.11 Å². The number of nitrogens with one attached hydrogen (secondary N) is 1. The third-order valence-corrected chi connectivity index (χ3v) is 6.55. The number of carbonyl (C=O) groups excluding carboxylic acids is 1. The average Bonchev–Trinajstić information content (AvgIpc) is 3.32. The molecule has 2 aromatic carbocycles. The Hall–Kier alpha value is -3.76. The number of amides is 1. The molecule has 34 heavy (non-hydrogen) atoms. The summed E-state index contributed by atoms with van der Waals surface area (Å²) in [6.45, 7) is 0. The third kappa shape index (κ3) is 5.08. The number of carboxylic acid groups (broad SMARTS) is 1. The second-order valence-electron chi connectivity index (χ2n) is 8.26. The minimum absolute atomic E-state index is 0.00650. The van der Waals surface area contributed by atoms with Crippen LogP contribution in [-0.4, -0.2) is 22.0 Å². The Kier molecular flexibility index (Phi) is 6.90. The maximum Gasteiger partial charge on any atom is 0.335 e. The lowest BCUT2D eigenvalue weighted by atomic mass is 9.86. The number of pyridine rings is 1. The lowest BCUT2D eigenvalue weighted by Gasteiger charge is -2.31. The Labute approximate surface area is 206 Å². The number of halogens is 1. The maximum absolute atomic E-state index is 13.1. The summed E-state index contributed by atoms with van der Waals surface area (Å²) in [5, 5.41) is 21.8. The predicted octanol–water partition coefficient (Wildman–Crippen LogP) is 5.70. The predicted molar refractivity (Wildman–Crippen MR) is 133 cm³/mol. The Morgan fingerprint density at radius 1 is 1.00 bits per heavy atom. The van der Waals surface area contributed by atoms with E-state index in [0.29, 0.717) is 10.3 Å². The molecule has 170 valence electrons. The van der Waals surface area contributed by atoms with Gasteiger partial charge in [-0.15, -0.1) is 0 Å². The number of nitriles is 1. The van der Waals surface area contributed by atoms with Crippen molar-refractivity contribution in [2.24, 2.45) is 0 Å². The molecule has 6 nitrogen and oxygen atoms in total. The van der Waals surface area contributed by atoms with Gasteiger partial charge in [0, 0.05) is 0 Å². The zero-order chi connectivity index (χ0) is 24.1. The second kappa shape index (κ2) is 10.0. The maximum atomic E-state index is 13.1. The number of carboxylic acids is 1. The number of aromatic carboxylic acids is 1. The zero-order valence-electron chi connectivity index (χ0n) is 18.3. The summed E-state index contributed by atoms with van der Waals surface area (Å²) in [6, 6.07) is 22.0. The monoisotopic (exact) mass is 515 g/mol. The highest BCUT2D eigenvalue weighted by Crippen LogP contribution is 2.39. The van der Waals surface area contributed by atoms with Gasteiger partial charge in [-0.25, -0.2) is 9.78 Å². The number of nitrogens with zero attached hydrogens (tertiary/aromatic N) is 2. The molecule has 1 aliphatic rings. The Bertz CT molecular complexity index is 1290. The molecule has 3 aromatic rings. The second-order valence-corrected chi connectivity index (χ2v) is 9.07. The normalized spacial score (nSPS) is 14.9. The fourth-order valence-corrected chi connectivity index (χ4v) is 4.69. The van der Waals surface area contributed by atoms with Crippen molar-refractivity contribution in [3.05, 3.63) is 93.7 Å². The van der Waals surface area contributed by atoms with Crippen LogP contribution < -0.4 is 5.32 Å². The van der Waals surface area contributed by atoms with E-state index < -0.39 is 17.4 Å². The molecular formula is C27H22BrN3O3. The third-order valence-electron chi connectivity index (χ3n) is 6.11. The lowest BCUT2D eigenvalue weighted by Crippen LogP contribution is -2.44. The molecule has 1 amide bonds. The standard InChI is InChI=1S/C27H22BrN3O3/c28-24-5-3-4-23(30-24)16-21(17-29)25(32)31-27(14-1-2-15-27)22-12-10-19(11-13-22)18-6-8-20(9-7-18)26(33)34/h3-13,16H,1-2,14-15H2,(H,31,32)(H,33,34). The number of hydrogen-bond acceptors (Lipinski definition) is 4. The SMILES string of the molecule is N#CC(=Cc1cccc(Br)n1)C(=O)NC1(c2ccc(-c3ccc(C(=O)O)cc3)cc2)CCCC1. The fourth-order valence-electron chi connectivity index (χ4n) is 4.34. The highest BCUT2D eigenvalue weighted by Gasteiger charge is 2.37. The molecule has 0 atom stereocenters. The van der Waals surface area contributed by atoms with Gasteiger partial charge < -0.3 is 10.4 Å². The number of benzene rings is 2. The topological polar surface area (TPSA) is 103 Å². The minimum atomic E-state index is -0.956. The van der Waals surface area contributed by atoms with Crippen LogP contribution in [0.4, 0.5) is 0 Å².